The molecule has 1 aromatic carbocycles. The van der Waals surface area contributed by atoms with Crippen molar-refractivity contribution in [3.05, 3.63) is 87.3 Å². The molecule has 0 amide bonds. The third kappa shape index (κ3) is 11.6. The van der Waals surface area contributed by atoms with E-state index in [-0.39, 0.29) is 73.6 Å². The van der Waals surface area contributed by atoms with Crippen LogP contribution in [0.4, 0.5) is 5.69 Å². The molecule has 2 aliphatic rings. The molecule has 0 saturated heterocycles. The molecule has 2 heterocycles. The number of aromatic hydroxyl groups is 1. The standard InChI is InChI=1S/C36H44N2O10S2.Na.H/c1-6-37(7-2)26-15-17-29-32(23-26)48-35(40)30(34(29)39)13-9-8-12-25-22-33(36(3,4)5)47-31-24-27(14-16-28(25)31)38(18-10-20-49(41,42)43)19-11-21-50(44,45)46;;/h8-9,12-17,22-24H,6-7,10-11,18-21H2,1-5H3,(H2,41,42,43,44,45,46);;/q;+1;-1/p+1. The summed E-state index contributed by atoms with van der Waals surface area (Å²) in [5.41, 5.74) is 1.72. The van der Waals surface area contributed by atoms with Crippen LogP contribution in [0.2, 0.25) is 0 Å². The minimum atomic E-state index is -4.19. The molecule has 0 atom stereocenters. The van der Waals surface area contributed by atoms with E-state index in [0.717, 1.165) is 29.9 Å². The number of benzene rings is 2. The van der Waals surface area contributed by atoms with E-state index in [1.807, 2.05) is 58.9 Å². The minimum Gasteiger partial charge on any atom is -1.00 e. The van der Waals surface area contributed by atoms with Crippen LogP contribution in [0.3, 0.4) is 0 Å². The van der Waals surface area contributed by atoms with Crippen molar-refractivity contribution in [3.63, 3.8) is 0 Å². The molecule has 1 aliphatic heterocycles. The van der Waals surface area contributed by atoms with E-state index in [2.05, 4.69) is 4.90 Å². The fourth-order valence-corrected chi connectivity index (χ4v) is 6.57. The Morgan fingerprint density at radius 2 is 1.47 bits per heavy atom. The first kappa shape index (κ1) is 42.2. The molecule has 0 saturated carbocycles. The van der Waals surface area contributed by atoms with Crippen molar-refractivity contribution < 1.29 is 70.9 Å². The number of fused-ring (bicyclic) bond motifs is 2. The number of anilines is 1. The summed E-state index contributed by atoms with van der Waals surface area (Å²) in [7, 11) is -8.38. The molecule has 0 bridgehead atoms. The maximum Gasteiger partial charge on any atom is 1.00 e. The third-order valence-electron chi connectivity index (χ3n) is 8.22. The average Bonchev–Trinajstić information content (AvgIpc) is 3.02. The summed E-state index contributed by atoms with van der Waals surface area (Å²) in [6, 6.07) is 12.7. The van der Waals surface area contributed by atoms with Gasteiger partial charge in [-0.25, -0.2) is 9.37 Å². The van der Waals surface area contributed by atoms with Crippen molar-refractivity contribution >= 4 is 49.0 Å². The smallest absolute Gasteiger partial charge is 1.00 e. The zero-order valence-corrected chi connectivity index (χ0v) is 33.6. The number of hydrogen-bond donors (Lipinski definition) is 3. The van der Waals surface area contributed by atoms with Gasteiger partial charge >= 0.3 is 35.2 Å². The summed E-state index contributed by atoms with van der Waals surface area (Å²) in [4.78, 5) is 15.0. The average molecular weight is 754 g/mol. The molecule has 272 valence electrons. The topological polar surface area (TPSA) is 179 Å². The Morgan fingerprint density at radius 1 is 0.863 bits per heavy atom. The van der Waals surface area contributed by atoms with Gasteiger partial charge in [-0.15, -0.1) is 0 Å². The molecule has 0 unspecified atom stereocenters. The molecule has 1 aliphatic carbocycles. The van der Waals surface area contributed by atoms with Crippen LogP contribution in [0.15, 0.2) is 68.2 Å². The Balaban J connectivity index is 0.00000468. The molecular weight excluding hydrogens is 708 g/mol. The van der Waals surface area contributed by atoms with Crippen LogP contribution >= 0.6 is 0 Å². The SMILES string of the molecule is CCN(CC)c1ccc2c(O)c(/C=C/C=C/c3cc(C(C)(C)C)oc4cc(=[N+](CCCS(=O)(=O)O)CCCS(=O)(=O)O)ccc3-4)c(=O)oc2c1.[H-].[Na+]. The number of nitrogens with zero attached hydrogens (tertiary/aromatic N) is 2. The van der Waals surface area contributed by atoms with Crippen LogP contribution in [0.5, 0.6) is 5.75 Å². The molecule has 12 nitrogen and oxygen atoms in total. The first-order valence-electron chi connectivity index (χ1n) is 16.4. The van der Waals surface area contributed by atoms with Gasteiger partial charge in [-0.1, -0.05) is 39.0 Å². The molecule has 1 aromatic heterocycles. The largest absolute Gasteiger partial charge is 1.00 e. The molecule has 3 N–H and O–H groups in total. The van der Waals surface area contributed by atoms with Crippen LogP contribution in [0, 0.1) is 0 Å². The van der Waals surface area contributed by atoms with Gasteiger partial charge in [-0.3, -0.25) is 9.11 Å². The second kappa shape index (κ2) is 17.5. The Kier molecular flexibility index (Phi) is 14.5. The zero-order valence-electron chi connectivity index (χ0n) is 30.9. The van der Waals surface area contributed by atoms with E-state index >= 15 is 0 Å². The van der Waals surface area contributed by atoms with Crippen LogP contribution < -0.4 is 50.0 Å². The summed E-state index contributed by atoms with van der Waals surface area (Å²) < 4.78 is 77.4. The first-order chi connectivity index (χ1) is 23.4. The maximum atomic E-state index is 12.9. The van der Waals surface area contributed by atoms with Crippen LogP contribution in [-0.4, -0.2) is 68.7 Å². The van der Waals surface area contributed by atoms with Gasteiger partial charge in [0.15, 0.2) is 0 Å². The minimum absolute atomic E-state index is 0. The van der Waals surface area contributed by atoms with Crippen LogP contribution in [0.1, 0.15) is 65.8 Å². The summed E-state index contributed by atoms with van der Waals surface area (Å²) in [5.74, 6) is 0.0907. The number of hydrogen-bond acceptors (Lipinski definition) is 9. The molecule has 2 aromatic rings. The van der Waals surface area contributed by atoms with Gasteiger partial charge in [-0.2, -0.15) is 16.8 Å². The van der Waals surface area contributed by atoms with Crippen LogP contribution in [-0.2, 0) is 25.7 Å². The maximum absolute atomic E-state index is 12.9. The second-order valence-electron chi connectivity index (χ2n) is 13.0. The molecular formula is C36H46N2NaO10S2+. The first-order valence-corrected chi connectivity index (χ1v) is 19.6. The zero-order chi connectivity index (χ0) is 36.9. The van der Waals surface area contributed by atoms with Gasteiger partial charge in [0.1, 0.15) is 41.5 Å². The quantitative estimate of drug-likeness (QED) is 0.0567. The van der Waals surface area contributed by atoms with Gasteiger partial charge in [0, 0.05) is 54.7 Å². The van der Waals surface area contributed by atoms with E-state index in [1.165, 1.54) is 6.08 Å². The summed E-state index contributed by atoms with van der Waals surface area (Å²) >= 11 is 0. The fraction of sp³-hybridized carbons (Fsp3) is 0.389. The molecule has 51 heavy (non-hydrogen) atoms. The molecule has 0 radical (unpaired) electrons. The normalized spacial score (nSPS) is 12.6. The second-order valence-corrected chi connectivity index (χ2v) is 16.1. The van der Waals surface area contributed by atoms with E-state index in [1.54, 1.807) is 41.0 Å². The molecule has 15 heteroatoms. The Labute approximate surface area is 322 Å². The summed E-state index contributed by atoms with van der Waals surface area (Å²) in [6.07, 6.45) is 6.88. The van der Waals surface area contributed by atoms with Crippen molar-refractivity contribution in [3.8, 4) is 17.1 Å². The third-order valence-corrected chi connectivity index (χ3v) is 9.83. The Morgan fingerprint density at radius 3 is 2.04 bits per heavy atom. The predicted octanol–water partition coefficient (Wildman–Crippen LogP) is 2.51. The van der Waals surface area contributed by atoms with Gasteiger partial charge in [0.25, 0.3) is 20.2 Å². The number of rotatable bonds is 14. The van der Waals surface area contributed by atoms with Crippen molar-refractivity contribution in [2.24, 2.45) is 0 Å². The van der Waals surface area contributed by atoms with Crippen molar-refractivity contribution in [2.45, 2.75) is 52.9 Å². The van der Waals surface area contributed by atoms with Gasteiger partial charge in [0.05, 0.1) is 23.0 Å². The fourth-order valence-electron chi connectivity index (χ4n) is 5.58. The van der Waals surface area contributed by atoms with E-state index in [9.17, 15) is 35.8 Å². The molecule has 4 rings (SSSR count). The molecule has 0 spiro atoms. The van der Waals surface area contributed by atoms with Gasteiger partial charge < -0.3 is 20.3 Å². The predicted molar refractivity (Wildman–Crippen MR) is 198 cm³/mol. The van der Waals surface area contributed by atoms with Crippen molar-refractivity contribution in [2.75, 3.05) is 42.6 Å². The Hall–Kier alpha value is -3.24. The van der Waals surface area contributed by atoms with Crippen molar-refractivity contribution in [1.29, 1.82) is 0 Å². The van der Waals surface area contributed by atoms with Crippen LogP contribution in [0.25, 0.3) is 34.4 Å². The van der Waals surface area contributed by atoms with Gasteiger partial charge in [0.2, 0.25) is 5.36 Å². The summed E-state index contributed by atoms with van der Waals surface area (Å²) in [6.45, 7) is 12.0. The van der Waals surface area contributed by atoms with Crippen molar-refractivity contribution in [1.82, 2.24) is 4.58 Å². The Bertz CT molecular complexity index is 2200. The van der Waals surface area contributed by atoms with E-state index in [0.29, 0.717) is 27.8 Å². The summed E-state index contributed by atoms with van der Waals surface area (Å²) in [5, 5.41) is 12.0. The van der Waals surface area contributed by atoms with E-state index < -0.39 is 37.4 Å². The van der Waals surface area contributed by atoms with E-state index in [4.69, 9.17) is 8.83 Å². The monoisotopic (exact) mass is 753 g/mol. The van der Waals surface area contributed by atoms with Gasteiger partial charge in [-0.05, 0) is 49.8 Å². The molecule has 0 fully saturated rings. The number of allylic oxidation sites excluding steroid dienone is 2.